The summed E-state index contributed by atoms with van der Waals surface area (Å²) in [4.78, 5) is 41.0. The van der Waals surface area contributed by atoms with E-state index in [0.717, 1.165) is 19.2 Å². The highest BCUT2D eigenvalue weighted by Crippen LogP contribution is 2.36. The molecule has 3 unspecified atom stereocenters. The SMILES string of the molecule is C#N.CC(C)C(N)C(=O)O[C@@H]1CC(COC(=O)CC2CCCCC2)OC1c1ccc(C(N)=NC=N)[nH]1.CCC.NCC(=O)O. The molecule has 14 nitrogen and oxygen atoms in total. The maximum absolute atomic E-state index is 12.5. The summed E-state index contributed by atoms with van der Waals surface area (Å²) in [5.74, 6) is -1.20. The van der Waals surface area contributed by atoms with E-state index in [-0.39, 0.29) is 30.9 Å². The van der Waals surface area contributed by atoms with Gasteiger partial charge in [0.15, 0.2) is 0 Å². The van der Waals surface area contributed by atoms with Crippen molar-refractivity contribution in [1.82, 2.24) is 4.98 Å². The molecule has 1 aliphatic carbocycles. The van der Waals surface area contributed by atoms with Crippen LogP contribution in [-0.2, 0) is 28.6 Å². The minimum absolute atomic E-state index is 0.0703. The van der Waals surface area contributed by atoms with Crippen molar-refractivity contribution < 1.29 is 33.7 Å². The van der Waals surface area contributed by atoms with Crippen molar-refractivity contribution >= 4 is 30.1 Å². The number of aliphatic carboxylic acids is 1. The lowest BCUT2D eigenvalue weighted by molar-refractivity contribution is -0.155. The van der Waals surface area contributed by atoms with E-state index in [1.54, 1.807) is 12.1 Å². The molecule has 1 saturated carbocycles. The second kappa shape index (κ2) is 22.7. The summed E-state index contributed by atoms with van der Waals surface area (Å²) >= 11 is 0. The van der Waals surface area contributed by atoms with Crippen molar-refractivity contribution in [1.29, 1.82) is 10.7 Å². The molecule has 14 heteroatoms. The van der Waals surface area contributed by atoms with E-state index >= 15 is 0 Å². The van der Waals surface area contributed by atoms with Crippen LogP contribution in [-0.4, -0.2) is 71.6 Å². The van der Waals surface area contributed by atoms with Crippen molar-refractivity contribution in [2.75, 3.05) is 13.2 Å². The number of nitriles is 1. The number of carbonyl (C=O) groups is 3. The Bertz CT molecular complexity index is 1050. The van der Waals surface area contributed by atoms with E-state index in [1.165, 1.54) is 25.7 Å². The fourth-order valence-electron chi connectivity index (χ4n) is 4.46. The summed E-state index contributed by atoms with van der Waals surface area (Å²) in [5, 5.41) is 21.2. The number of aliphatic imine (C=N–C) groups is 1. The molecule has 2 heterocycles. The first-order valence-electron chi connectivity index (χ1n) is 14.9. The number of ether oxygens (including phenoxy) is 3. The van der Waals surface area contributed by atoms with E-state index < -0.39 is 36.3 Å². The first kappa shape index (κ1) is 40.2. The van der Waals surface area contributed by atoms with E-state index in [2.05, 4.69) is 36.1 Å². The molecule has 1 aromatic rings. The average molecular weight is 622 g/mol. The third-order valence-electron chi connectivity index (χ3n) is 6.71. The molecule has 1 aliphatic heterocycles. The van der Waals surface area contributed by atoms with Crippen LogP contribution in [0, 0.1) is 29.1 Å². The Morgan fingerprint density at radius 3 is 2.34 bits per heavy atom. The number of aromatic nitrogens is 1. The normalized spacial score (nSPS) is 20.4. The number of hydrogen-bond donors (Lipinski definition) is 6. The van der Waals surface area contributed by atoms with Gasteiger partial charge in [-0.05, 0) is 36.8 Å². The highest BCUT2D eigenvalue weighted by atomic mass is 16.6. The van der Waals surface area contributed by atoms with Crippen LogP contribution in [0.15, 0.2) is 17.1 Å². The van der Waals surface area contributed by atoms with Gasteiger partial charge in [-0.3, -0.25) is 19.8 Å². The Hall–Kier alpha value is -3.80. The zero-order valence-corrected chi connectivity index (χ0v) is 26.4. The maximum Gasteiger partial charge on any atom is 0.323 e. The Morgan fingerprint density at radius 2 is 1.82 bits per heavy atom. The first-order chi connectivity index (χ1) is 21.0. The molecule has 4 atom stereocenters. The van der Waals surface area contributed by atoms with Gasteiger partial charge in [0.2, 0.25) is 0 Å². The van der Waals surface area contributed by atoms with Gasteiger partial charge < -0.3 is 41.5 Å². The summed E-state index contributed by atoms with van der Waals surface area (Å²) in [6.07, 6.45) is 7.01. The third-order valence-corrected chi connectivity index (χ3v) is 6.71. The minimum Gasteiger partial charge on any atom is -0.480 e. The molecule has 2 fully saturated rings. The lowest BCUT2D eigenvalue weighted by Crippen LogP contribution is -2.39. The Morgan fingerprint density at radius 1 is 1.23 bits per heavy atom. The number of carboxylic acids is 1. The quantitative estimate of drug-likeness (QED) is 0.119. The van der Waals surface area contributed by atoms with E-state index in [0.29, 0.717) is 30.1 Å². The smallest absolute Gasteiger partial charge is 0.323 e. The summed E-state index contributed by atoms with van der Waals surface area (Å²) in [7, 11) is 0. The minimum atomic E-state index is -0.968. The number of aromatic amines is 1. The molecule has 0 radical (unpaired) electrons. The Kier molecular flexibility index (Phi) is 20.7. The molecule has 0 aromatic carbocycles. The number of nitrogens with zero attached hydrogens (tertiary/aromatic N) is 2. The summed E-state index contributed by atoms with van der Waals surface area (Å²) in [6.45, 7) is 11.3. The number of nitrogens with one attached hydrogen (secondary N) is 2. The summed E-state index contributed by atoms with van der Waals surface area (Å²) in [5.41, 5.74) is 17.6. The summed E-state index contributed by atoms with van der Waals surface area (Å²) < 4.78 is 17.4. The van der Waals surface area contributed by atoms with Gasteiger partial charge in [0.1, 0.15) is 37.0 Å². The molecule has 3 rings (SSSR count). The number of hydrogen-bond acceptors (Lipinski definition) is 10. The zero-order valence-electron chi connectivity index (χ0n) is 26.4. The van der Waals surface area contributed by atoms with E-state index in [9.17, 15) is 14.4 Å². The van der Waals surface area contributed by atoms with Gasteiger partial charge in [-0.1, -0.05) is 53.4 Å². The number of amidine groups is 1. The van der Waals surface area contributed by atoms with Crippen molar-refractivity contribution in [3.8, 4) is 6.57 Å². The van der Waals surface area contributed by atoms with Gasteiger partial charge in [-0.15, -0.1) is 0 Å². The number of carbonyl (C=O) groups excluding carboxylic acids is 2. The van der Waals surface area contributed by atoms with Gasteiger partial charge in [-0.25, -0.2) is 10.3 Å². The monoisotopic (exact) mass is 621 g/mol. The standard InChI is InChI=1S/C24H37N5O5.C3H8.C2H5NO2.CHN/c1-14(2)21(26)24(31)34-19-11-16(12-32-20(30)10-15-6-4-3-5-7-15)33-22(19)17-8-9-18(29-17)23(27)28-13-25;1-3-2;3-1-2(4)5;1-2/h8-9,13-16,19,21-22,29H,3-7,10-12,26H2,1-2H3,(H3,25,27,28);3H2,1-2H3;1,3H2,(H,4,5);1H/t16?,19-,21?,22?;;;/m1.../s1. The molecule has 1 saturated heterocycles. The van der Waals surface area contributed by atoms with Crippen LogP contribution < -0.4 is 17.2 Å². The number of rotatable bonds is 11. The van der Waals surface area contributed by atoms with Gasteiger partial charge in [0, 0.05) is 25.1 Å². The highest BCUT2D eigenvalue weighted by Gasteiger charge is 2.41. The molecule has 9 N–H and O–H groups in total. The molecule has 44 heavy (non-hydrogen) atoms. The van der Waals surface area contributed by atoms with E-state index in [1.807, 2.05) is 13.8 Å². The van der Waals surface area contributed by atoms with Crippen molar-refractivity contribution in [2.24, 2.45) is 34.0 Å². The fourth-order valence-corrected chi connectivity index (χ4v) is 4.46. The highest BCUT2D eigenvalue weighted by molar-refractivity contribution is 5.99. The topological polar surface area (TPSA) is 253 Å². The lowest BCUT2D eigenvalue weighted by Gasteiger charge is -2.21. The van der Waals surface area contributed by atoms with Crippen LogP contribution in [0.5, 0.6) is 0 Å². The zero-order chi connectivity index (χ0) is 33.7. The van der Waals surface area contributed by atoms with Crippen molar-refractivity contribution in [2.45, 2.75) is 103 Å². The predicted molar refractivity (Wildman–Crippen MR) is 167 cm³/mol. The maximum atomic E-state index is 12.5. The number of esters is 2. The first-order valence-corrected chi connectivity index (χ1v) is 14.9. The van der Waals surface area contributed by atoms with Gasteiger partial charge in [-0.2, -0.15) is 0 Å². The molecule has 248 valence electrons. The second-order valence-electron chi connectivity index (χ2n) is 10.8. The van der Waals surface area contributed by atoms with Crippen LogP contribution in [0.3, 0.4) is 0 Å². The molecular formula is C30H51N7O7. The average Bonchev–Trinajstić information content (AvgIpc) is 3.65. The van der Waals surface area contributed by atoms with Crippen LogP contribution in [0.1, 0.15) is 96.6 Å². The third kappa shape index (κ3) is 15.1. The van der Waals surface area contributed by atoms with Crippen LogP contribution in [0.2, 0.25) is 0 Å². The lowest BCUT2D eigenvalue weighted by atomic mass is 9.87. The second-order valence-corrected chi connectivity index (χ2v) is 10.8. The van der Waals surface area contributed by atoms with E-state index in [4.69, 9.17) is 41.5 Å². The Labute approximate surface area is 260 Å². The van der Waals surface area contributed by atoms with Gasteiger partial charge >= 0.3 is 17.9 Å². The van der Waals surface area contributed by atoms with Crippen LogP contribution >= 0.6 is 0 Å². The molecule has 0 amide bonds. The number of H-pyrrole nitrogens is 1. The number of carboxylic acid groups (broad SMARTS) is 1. The van der Waals surface area contributed by atoms with Gasteiger partial charge in [0.25, 0.3) is 0 Å². The largest absolute Gasteiger partial charge is 0.480 e. The summed E-state index contributed by atoms with van der Waals surface area (Å²) in [6, 6.07) is 2.74. The predicted octanol–water partition coefficient (Wildman–Crippen LogP) is 3.15. The van der Waals surface area contributed by atoms with Crippen LogP contribution in [0.4, 0.5) is 0 Å². The van der Waals surface area contributed by atoms with Crippen molar-refractivity contribution in [3.63, 3.8) is 0 Å². The van der Waals surface area contributed by atoms with Crippen LogP contribution in [0.25, 0.3) is 0 Å². The fraction of sp³-hybridized carbons (Fsp3) is 0.667. The number of nitrogens with two attached hydrogens (primary N) is 3. The molecular weight excluding hydrogens is 570 g/mol. The Balaban J connectivity index is 0.00000162. The molecule has 0 spiro atoms. The molecule has 2 aliphatic rings. The molecule has 1 aromatic heterocycles. The van der Waals surface area contributed by atoms with Gasteiger partial charge in [0.05, 0.1) is 18.3 Å². The van der Waals surface area contributed by atoms with Crippen molar-refractivity contribution in [3.05, 3.63) is 23.5 Å². The molecule has 0 bridgehead atoms.